The Morgan fingerprint density at radius 2 is 1.88 bits per heavy atom. The van der Waals surface area contributed by atoms with Crippen LogP contribution in [0.3, 0.4) is 0 Å². The van der Waals surface area contributed by atoms with Gasteiger partial charge in [0.15, 0.2) is 11.1 Å². The second-order valence-electron chi connectivity index (χ2n) is 8.64. The lowest BCUT2D eigenvalue weighted by Crippen LogP contribution is -2.48. The third kappa shape index (κ3) is 3.64. The molecule has 2 unspecified atom stereocenters. The van der Waals surface area contributed by atoms with Gasteiger partial charge >= 0.3 is 6.03 Å². The van der Waals surface area contributed by atoms with Crippen LogP contribution < -0.4 is 26.6 Å². The molecule has 3 heterocycles. The van der Waals surface area contributed by atoms with Crippen LogP contribution >= 0.6 is 0 Å². The Kier molecular flexibility index (Phi) is 5.22. The molecule has 0 saturated carbocycles. The molecule has 2 aliphatic rings. The van der Waals surface area contributed by atoms with Crippen molar-refractivity contribution in [3.05, 3.63) is 83.2 Å². The second-order valence-corrected chi connectivity index (χ2v) is 8.64. The topological polar surface area (TPSA) is 128 Å². The van der Waals surface area contributed by atoms with E-state index in [0.717, 1.165) is 27.7 Å². The van der Waals surface area contributed by atoms with Gasteiger partial charge in [0.1, 0.15) is 12.4 Å². The molecule has 0 aliphatic carbocycles. The molecule has 1 saturated heterocycles. The SMILES string of the molecule is Cc1cc(COc2ccc(C3(CN)C=C(C4(C)NC(=O)NC4=O)NO3)cc2)c2ccccc2n1. The summed E-state index contributed by atoms with van der Waals surface area (Å²) in [7, 11) is 0. The number of nitrogens with one attached hydrogen (secondary N) is 3. The average molecular weight is 460 g/mol. The molecule has 5 N–H and O–H groups in total. The maximum atomic E-state index is 12.3. The number of rotatable bonds is 6. The van der Waals surface area contributed by atoms with Crippen molar-refractivity contribution in [3.63, 3.8) is 0 Å². The van der Waals surface area contributed by atoms with Crippen LogP contribution in [0, 0.1) is 6.92 Å². The van der Waals surface area contributed by atoms with Crippen molar-refractivity contribution in [2.24, 2.45) is 5.73 Å². The number of nitrogens with two attached hydrogens (primary N) is 1. The molecule has 0 bridgehead atoms. The molecule has 9 nitrogen and oxygen atoms in total. The van der Waals surface area contributed by atoms with Crippen LogP contribution in [-0.2, 0) is 21.8 Å². The van der Waals surface area contributed by atoms with Gasteiger partial charge in [0.2, 0.25) is 0 Å². The van der Waals surface area contributed by atoms with Gasteiger partial charge in [-0.3, -0.25) is 25.4 Å². The number of pyridine rings is 1. The van der Waals surface area contributed by atoms with E-state index >= 15 is 0 Å². The number of urea groups is 1. The van der Waals surface area contributed by atoms with Gasteiger partial charge in [0, 0.05) is 23.2 Å². The molecule has 1 aromatic heterocycles. The van der Waals surface area contributed by atoms with Gasteiger partial charge in [-0.1, -0.05) is 30.3 Å². The lowest BCUT2D eigenvalue weighted by molar-refractivity contribution is -0.123. The van der Waals surface area contributed by atoms with Crippen LogP contribution in [0.5, 0.6) is 5.75 Å². The number of hydrogen-bond acceptors (Lipinski definition) is 7. The van der Waals surface area contributed by atoms with Gasteiger partial charge < -0.3 is 15.8 Å². The fourth-order valence-corrected chi connectivity index (χ4v) is 4.29. The highest BCUT2D eigenvalue weighted by Gasteiger charge is 2.50. The zero-order valence-corrected chi connectivity index (χ0v) is 18.8. The van der Waals surface area contributed by atoms with Gasteiger partial charge in [0.25, 0.3) is 5.91 Å². The number of carbonyl (C=O) groups excluding carboxylic acids is 2. The normalized spacial score (nSPS) is 23.9. The Morgan fingerprint density at radius 3 is 2.59 bits per heavy atom. The Hall–Kier alpha value is -3.95. The molecule has 3 aromatic rings. The molecule has 5 rings (SSSR count). The fourth-order valence-electron chi connectivity index (χ4n) is 4.29. The van der Waals surface area contributed by atoms with Gasteiger partial charge in [-0.2, -0.15) is 0 Å². The number of benzene rings is 2. The summed E-state index contributed by atoms with van der Waals surface area (Å²) in [6, 6.07) is 16.9. The van der Waals surface area contributed by atoms with Gasteiger partial charge in [-0.15, -0.1) is 0 Å². The van der Waals surface area contributed by atoms with E-state index in [0.29, 0.717) is 18.1 Å². The van der Waals surface area contributed by atoms with E-state index in [1.54, 1.807) is 13.0 Å². The largest absolute Gasteiger partial charge is 0.489 e. The summed E-state index contributed by atoms with van der Waals surface area (Å²) in [4.78, 5) is 34.3. The van der Waals surface area contributed by atoms with Gasteiger partial charge in [0.05, 0.1) is 11.2 Å². The molecule has 2 aliphatic heterocycles. The van der Waals surface area contributed by atoms with Crippen molar-refractivity contribution in [1.29, 1.82) is 0 Å². The minimum atomic E-state index is -1.26. The lowest BCUT2D eigenvalue weighted by Gasteiger charge is -2.24. The smallest absolute Gasteiger partial charge is 0.322 e. The van der Waals surface area contributed by atoms with Crippen LogP contribution in [0.2, 0.25) is 0 Å². The summed E-state index contributed by atoms with van der Waals surface area (Å²) < 4.78 is 6.05. The Balaban J connectivity index is 1.35. The Labute approximate surface area is 196 Å². The van der Waals surface area contributed by atoms with Crippen molar-refractivity contribution in [2.45, 2.75) is 31.6 Å². The molecule has 1 fully saturated rings. The number of imide groups is 1. The summed E-state index contributed by atoms with van der Waals surface area (Å²) in [6.07, 6.45) is 1.74. The third-order valence-electron chi connectivity index (χ3n) is 6.27. The van der Waals surface area contributed by atoms with Crippen molar-refractivity contribution < 1.29 is 19.2 Å². The zero-order valence-electron chi connectivity index (χ0n) is 18.8. The van der Waals surface area contributed by atoms with Crippen molar-refractivity contribution in [2.75, 3.05) is 6.54 Å². The number of para-hydroxylation sites is 1. The molecule has 2 aromatic carbocycles. The second kappa shape index (κ2) is 8.12. The monoisotopic (exact) mass is 459 g/mol. The number of carbonyl (C=O) groups is 2. The molecular weight excluding hydrogens is 434 g/mol. The first-order valence-corrected chi connectivity index (χ1v) is 10.9. The van der Waals surface area contributed by atoms with Gasteiger partial charge in [-0.05, 0) is 49.8 Å². The standard InChI is InChI=1S/C25H25N5O4/c1-15-11-16(19-5-3-4-6-20(19)27-15)13-33-18-9-7-17(8-10-18)25(14-26)12-21(30-34-25)24(2)22(31)28-23(32)29-24/h3-12,30H,13-14,26H2,1-2H3,(H2,28,29,31,32). The van der Waals surface area contributed by atoms with Crippen LogP contribution in [0.1, 0.15) is 23.7 Å². The summed E-state index contributed by atoms with van der Waals surface area (Å²) in [5.41, 5.74) is 10.7. The van der Waals surface area contributed by atoms with E-state index in [4.69, 9.17) is 15.3 Å². The summed E-state index contributed by atoms with van der Waals surface area (Å²) in [5, 5.41) is 5.92. The predicted molar refractivity (Wildman–Crippen MR) is 125 cm³/mol. The minimum Gasteiger partial charge on any atom is -0.489 e. The summed E-state index contributed by atoms with van der Waals surface area (Å²) in [5.74, 6) is 0.231. The van der Waals surface area contributed by atoms with E-state index in [2.05, 4.69) is 21.1 Å². The predicted octanol–water partition coefficient (Wildman–Crippen LogP) is 2.29. The van der Waals surface area contributed by atoms with Crippen LogP contribution in [0.25, 0.3) is 10.9 Å². The summed E-state index contributed by atoms with van der Waals surface area (Å²) >= 11 is 0. The lowest BCUT2D eigenvalue weighted by atomic mass is 9.89. The number of amides is 3. The highest BCUT2D eigenvalue weighted by Crippen LogP contribution is 2.36. The number of aryl methyl sites for hydroxylation is 1. The third-order valence-corrected chi connectivity index (χ3v) is 6.27. The summed E-state index contributed by atoms with van der Waals surface area (Å²) in [6.45, 7) is 4.09. The molecule has 0 radical (unpaired) electrons. The van der Waals surface area contributed by atoms with Crippen molar-refractivity contribution in [1.82, 2.24) is 21.1 Å². The fraction of sp³-hybridized carbons (Fsp3) is 0.240. The maximum absolute atomic E-state index is 12.3. The van der Waals surface area contributed by atoms with E-state index < -0.39 is 23.1 Å². The van der Waals surface area contributed by atoms with Crippen molar-refractivity contribution >= 4 is 22.8 Å². The van der Waals surface area contributed by atoms with E-state index in [1.807, 2.05) is 61.5 Å². The number of hydroxylamine groups is 1. The Morgan fingerprint density at radius 1 is 1.12 bits per heavy atom. The number of nitrogens with zero attached hydrogens (tertiary/aromatic N) is 1. The molecule has 34 heavy (non-hydrogen) atoms. The van der Waals surface area contributed by atoms with Crippen molar-refractivity contribution in [3.8, 4) is 5.75 Å². The molecule has 0 spiro atoms. The first-order chi connectivity index (χ1) is 16.3. The number of fused-ring (bicyclic) bond motifs is 1. The minimum absolute atomic E-state index is 0.123. The van der Waals surface area contributed by atoms with Gasteiger partial charge in [-0.25, -0.2) is 4.79 Å². The average Bonchev–Trinajstić information content (AvgIpc) is 3.39. The van der Waals surface area contributed by atoms with Crippen LogP contribution in [0.4, 0.5) is 4.79 Å². The van der Waals surface area contributed by atoms with Crippen LogP contribution in [-0.4, -0.2) is 29.0 Å². The number of ether oxygens (including phenoxy) is 1. The van der Waals surface area contributed by atoms with E-state index in [9.17, 15) is 9.59 Å². The van der Waals surface area contributed by atoms with E-state index in [-0.39, 0.29) is 6.54 Å². The molecule has 9 heteroatoms. The molecule has 174 valence electrons. The number of aromatic nitrogens is 1. The zero-order chi connectivity index (χ0) is 23.9. The molecule has 3 amide bonds. The van der Waals surface area contributed by atoms with E-state index in [1.165, 1.54) is 0 Å². The maximum Gasteiger partial charge on any atom is 0.322 e. The highest BCUT2D eigenvalue weighted by atomic mass is 16.7. The first kappa shape index (κ1) is 21.9. The molecular formula is C25H25N5O4. The highest BCUT2D eigenvalue weighted by molar-refractivity contribution is 6.08. The first-order valence-electron chi connectivity index (χ1n) is 10.9. The Bertz CT molecular complexity index is 1320. The van der Waals surface area contributed by atoms with Crippen LogP contribution in [0.15, 0.2) is 66.4 Å². The number of hydrogen-bond donors (Lipinski definition) is 4. The quantitative estimate of drug-likeness (QED) is 0.417. The molecule has 2 atom stereocenters.